The molecule has 1 aliphatic heterocycles. The third-order valence-electron chi connectivity index (χ3n) is 3.79. The van der Waals surface area contributed by atoms with Gasteiger partial charge >= 0.3 is 0 Å². The maximum absolute atomic E-state index is 13.6. The van der Waals surface area contributed by atoms with Gasteiger partial charge in [-0.05, 0) is 43.0 Å². The van der Waals surface area contributed by atoms with Gasteiger partial charge < -0.3 is 5.32 Å². The van der Waals surface area contributed by atoms with E-state index in [0.29, 0.717) is 0 Å². The highest BCUT2D eigenvalue weighted by Gasteiger charge is 2.28. The van der Waals surface area contributed by atoms with Crippen LogP contribution in [0, 0.1) is 11.6 Å². The predicted molar refractivity (Wildman–Crippen MR) is 82.9 cm³/mol. The van der Waals surface area contributed by atoms with E-state index < -0.39 is 11.6 Å². The lowest BCUT2D eigenvalue weighted by atomic mass is 10.2. The number of nitrogens with zero attached hydrogens (tertiary/aromatic N) is 1. The highest BCUT2D eigenvalue weighted by Crippen LogP contribution is 2.34. The number of rotatable bonds is 4. The molecule has 1 aromatic heterocycles. The molecule has 0 radical (unpaired) electrons. The van der Waals surface area contributed by atoms with Gasteiger partial charge in [-0.25, -0.2) is 8.78 Å². The molecule has 1 fully saturated rings. The van der Waals surface area contributed by atoms with Crippen LogP contribution in [0.25, 0.3) is 0 Å². The van der Waals surface area contributed by atoms with Crippen LogP contribution in [0.3, 0.4) is 0 Å². The maximum atomic E-state index is 13.6. The Labute approximate surface area is 131 Å². The van der Waals surface area contributed by atoms with Gasteiger partial charge in [0.1, 0.15) is 11.6 Å². The van der Waals surface area contributed by atoms with Crippen molar-refractivity contribution in [1.29, 1.82) is 0 Å². The summed E-state index contributed by atoms with van der Waals surface area (Å²) in [6, 6.07) is 7.46. The van der Waals surface area contributed by atoms with Gasteiger partial charge in [0.2, 0.25) is 5.91 Å². The van der Waals surface area contributed by atoms with Gasteiger partial charge in [-0.1, -0.05) is 6.07 Å². The van der Waals surface area contributed by atoms with Crippen molar-refractivity contribution in [1.82, 2.24) is 4.90 Å². The maximum Gasteiger partial charge on any atom is 0.238 e. The largest absolute Gasteiger partial charge is 0.322 e. The van der Waals surface area contributed by atoms with E-state index in [1.807, 2.05) is 11.4 Å². The number of carbonyl (C=O) groups excluding carboxylic acids is 1. The SMILES string of the molecule is O=C(CN1CCC[C@@H]1c1cccs1)Nc1ccc(F)cc1F. The molecule has 0 aliphatic carbocycles. The third kappa shape index (κ3) is 3.34. The van der Waals surface area contributed by atoms with Crippen molar-refractivity contribution >= 4 is 22.9 Å². The highest BCUT2D eigenvalue weighted by molar-refractivity contribution is 7.10. The minimum Gasteiger partial charge on any atom is -0.322 e. The summed E-state index contributed by atoms with van der Waals surface area (Å²) in [5, 5.41) is 4.54. The minimum absolute atomic E-state index is 0.0123. The summed E-state index contributed by atoms with van der Waals surface area (Å²) in [6.45, 7) is 1.06. The van der Waals surface area contributed by atoms with Gasteiger partial charge in [0, 0.05) is 17.0 Å². The van der Waals surface area contributed by atoms with Crippen LogP contribution in [-0.4, -0.2) is 23.9 Å². The fourth-order valence-corrected chi connectivity index (χ4v) is 3.68. The normalized spacial score (nSPS) is 18.5. The Bertz CT molecular complexity index is 660. The summed E-state index contributed by atoms with van der Waals surface area (Å²) < 4.78 is 26.4. The van der Waals surface area contributed by atoms with Crippen LogP contribution in [0.5, 0.6) is 0 Å². The lowest BCUT2D eigenvalue weighted by Crippen LogP contribution is -2.32. The molecular weight excluding hydrogens is 306 g/mol. The molecule has 0 bridgehead atoms. The van der Waals surface area contributed by atoms with Crippen molar-refractivity contribution in [3.63, 3.8) is 0 Å². The van der Waals surface area contributed by atoms with Crippen LogP contribution < -0.4 is 5.32 Å². The second-order valence-electron chi connectivity index (χ2n) is 5.32. The van der Waals surface area contributed by atoms with Gasteiger partial charge in [-0.2, -0.15) is 0 Å². The molecular formula is C16H16F2N2OS. The number of nitrogens with one attached hydrogen (secondary N) is 1. The Morgan fingerprint density at radius 2 is 2.23 bits per heavy atom. The first-order valence-electron chi connectivity index (χ1n) is 7.16. The molecule has 1 amide bonds. The zero-order chi connectivity index (χ0) is 15.5. The van der Waals surface area contributed by atoms with Crippen LogP contribution in [0.4, 0.5) is 14.5 Å². The number of halogens is 2. The van der Waals surface area contributed by atoms with E-state index in [-0.39, 0.29) is 24.2 Å². The second-order valence-corrected chi connectivity index (χ2v) is 6.30. The lowest BCUT2D eigenvalue weighted by Gasteiger charge is -2.22. The Balaban J connectivity index is 1.64. The number of hydrogen-bond acceptors (Lipinski definition) is 3. The van der Waals surface area contributed by atoms with Crippen molar-refractivity contribution in [2.24, 2.45) is 0 Å². The molecule has 0 spiro atoms. The Morgan fingerprint density at radius 3 is 2.95 bits per heavy atom. The summed E-state index contributed by atoms with van der Waals surface area (Å²) in [7, 11) is 0. The zero-order valence-corrected chi connectivity index (χ0v) is 12.7. The van der Waals surface area contributed by atoms with Crippen LogP contribution in [0.2, 0.25) is 0 Å². The van der Waals surface area contributed by atoms with Gasteiger partial charge in [0.15, 0.2) is 0 Å². The number of anilines is 1. The van der Waals surface area contributed by atoms with Crippen molar-refractivity contribution in [3.05, 3.63) is 52.2 Å². The third-order valence-corrected chi connectivity index (χ3v) is 4.76. The summed E-state index contributed by atoms with van der Waals surface area (Å²) in [4.78, 5) is 15.5. The molecule has 1 N–H and O–H groups in total. The first-order valence-corrected chi connectivity index (χ1v) is 8.04. The van der Waals surface area contributed by atoms with Crippen molar-refractivity contribution < 1.29 is 13.6 Å². The molecule has 1 aromatic carbocycles. The molecule has 6 heteroatoms. The summed E-state index contributed by atoms with van der Waals surface area (Å²) >= 11 is 1.68. The van der Waals surface area contributed by atoms with Crippen molar-refractivity contribution in [2.45, 2.75) is 18.9 Å². The second kappa shape index (κ2) is 6.54. The number of likely N-dealkylation sites (tertiary alicyclic amines) is 1. The molecule has 2 aromatic rings. The Morgan fingerprint density at radius 1 is 1.36 bits per heavy atom. The van der Waals surface area contributed by atoms with E-state index >= 15 is 0 Å². The van der Waals surface area contributed by atoms with Crippen molar-refractivity contribution in [2.75, 3.05) is 18.4 Å². The zero-order valence-electron chi connectivity index (χ0n) is 11.9. The van der Waals surface area contributed by atoms with Crippen LogP contribution in [0.15, 0.2) is 35.7 Å². The molecule has 1 atom stereocenters. The van der Waals surface area contributed by atoms with Crippen LogP contribution in [0.1, 0.15) is 23.8 Å². The van der Waals surface area contributed by atoms with Crippen molar-refractivity contribution in [3.8, 4) is 0 Å². The van der Waals surface area contributed by atoms with E-state index in [9.17, 15) is 13.6 Å². The van der Waals surface area contributed by atoms with Gasteiger partial charge in [0.25, 0.3) is 0 Å². The van der Waals surface area contributed by atoms with Crippen LogP contribution in [-0.2, 0) is 4.79 Å². The van der Waals surface area contributed by atoms with Gasteiger partial charge in [-0.3, -0.25) is 9.69 Å². The molecule has 0 unspecified atom stereocenters. The standard InChI is InChI=1S/C16H16F2N2OS/c17-11-5-6-13(12(18)9-11)19-16(21)10-20-7-1-3-14(20)15-4-2-8-22-15/h2,4-6,8-9,14H,1,3,7,10H2,(H,19,21)/t14-/m1/s1. The fourth-order valence-electron chi connectivity index (χ4n) is 2.78. The Kier molecular flexibility index (Phi) is 4.49. The van der Waals surface area contributed by atoms with E-state index in [1.54, 1.807) is 11.3 Å². The summed E-state index contributed by atoms with van der Waals surface area (Å²) in [5.74, 6) is -1.70. The Hall–Kier alpha value is -1.79. The molecule has 1 aliphatic rings. The van der Waals surface area contributed by atoms with E-state index in [4.69, 9.17) is 0 Å². The van der Waals surface area contributed by atoms with E-state index in [0.717, 1.165) is 31.5 Å². The molecule has 2 heterocycles. The average Bonchev–Trinajstić information content (AvgIpc) is 3.12. The average molecular weight is 322 g/mol. The van der Waals surface area contributed by atoms with Gasteiger partial charge in [-0.15, -0.1) is 11.3 Å². The molecule has 0 saturated carbocycles. The quantitative estimate of drug-likeness (QED) is 0.928. The molecule has 1 saturated heterocycles. The van der Waals surface area contributed by atoms with Gasteiger partial charge in [0.05, 0.1) is 12.2 Å². The fraction of sp³-hybridized carbons (Fsp3) is 0.312. The summed E-state index contributed by atoms with van der Waals surface area (Å²) in [5.41, 5.74) is 0.0123. The lowest BCUT2D eigenvalue weighted by molar-refractivity contribution is -0.117. The molecule has 3 rings (SSSR count). The van der Waals surface area contributed by atoms with E-state index in [2.05, 4.69) is 16.3 Å². The first-order chi connectivity index (χ1) is 10.6. The number of carbonyl (C=O) groups is 1. The van der Waals surface area contributed by atoms with E-state index in [1.165, 1.54) is 10.9 Å². The topological polar surface area (TPSA) is 32.3 Å². The summed E-state index contributed by atoms with van der Waals surface area (Å²) in [6.07, 6.45) is 2.07. The molecule has 116 valence electrons. The monoisotopic (exact) mass is 322 g/mol. The molecule has 3 nitrogen and oxygen atoms in total. The molecule has 22 heavy (non-hydrogen) atoms. The number of amides is 1. The van der Waals surface area contributed by atoms with Crippen LogP contribution >= 0.6 is 11.3 Å². The minimum atomic E-state index is -0.760. The number of hydrogen-bond donors (Lipinski definition) is 1. The smallest absolute Gasteiger partial charge is 0.238 e. The number of thiophene rings is 1. The first kappa shape index (κ1) is 15.1. The predicted octanol–water partition coefficient (Wildman–Crippen LogP) is 3.80. The number of benzene rings is 1. The highest BCUT2D eigenvalue weighted by atomic mass is 32.1.